The minimum absolute atomic E-state index is 0.0569. The van der Waals surface area contributed by atoms with Crippen LogP contribution in [0.4, 0.5) is 0 Å². The summed E-state index contributed by atoms with van der Waals surface area (Å²) in [5.41, 5.74) is 1.15. The zero-order valence-electron chi connectivity index (χ0n) is 6.73. The fraction of sp³-hybridized carbons (Fsp3) is 0.200. The van der Waals surface area contributed by atoms with Gasteiger partial charge in [-0.15, -0.1) is 0 Å². The molecule has 0 atom stereocenters. The lowest BCUT2D eigenvalue weighted by molar-refractivity contribution is 0.182. The summed E-state index contributed by atoms with van der Waals surface area (Å²) in [5, 5.41) is 11.6. The summed E-state index contributed by atoms with van der Waals surface area (Å²) in [4.78, 5) is 0. The van der Waals surface area contributed by atoms with Gasteiger partial charge in [-0.25, -0.2) is 5.11 Å². The first-order chi connectivity index (χ1) is 5.92. The van der Waals surface area contributed by atoms with E-state index in [0.29, 0.717) is 6.54 Å². The van der Waals surface area contributed by atoms with Gasteiger partial charge in [0.15, 0.2) is 0 Å². The van der Waals surface area contributed by atoms with E-state index in [9.17, 15) is 5.11 Å². The maximum absolute atomic E-state index is 10.4. The Hall–Kier alpha value is -1.28. The van der Waals surface area contributed by atoms with Crippen LogP contribution >= 0.6 is 0 Å². The average molecular weight is 160 g/mol. The van der Waals surface area contributed by atoms with Crippen LogP contribution in [0.5, 0.6) is 0 Å². The Balaban J connectivity index is 2.55. The third-order valence-electron chi connectivity index (χ3n) is 2.01. The molecule has 0 aliphatic rings. The third-order valence-corrected chi connectivity index (χ3v) is 2.01. The fourth-order valence-corrected chi connectivity index (χ4v) is 1.43. The maximum atomic E-state index is 10.4. The van der Waals surface area contributed by atoms with Crippen LogP contribution < -0.4 is 0 Å². The molecule has 12 heavy (non-hydrogen) atoms. The van der Waals surface area contributed by atoms with Crippen molar-refractivity contribution in [2.45, 2.75) is 6.54 Å². The maximum Gasteiger partial charge on any atom is 0.100 e. The summed E-state index contributed by atoms with van der Waals surface area (Å²) in [7, 11) is 0. The molecule has 1 aromatic carbocycles. The van der Waals surface area contributed by atoms with E-state index in [2.05, 4.69) is 6.07 Å². The zero-order valence-corrected chi connectivity index (χ0v) is 6.73. The van der Waals surface area contributed by atoms with Gasteiger partial charge in [0.05, 0.1) is 0 Å². The molecule has 1 radical (unpaired) electrons. The highest BCUT2D eigenvalue weighted by Crippen LogP contribution is 2.14. The van der Waals surface area contributed by atoms with Gasteiger partial charge in [0.25, 0.3) is 0 Å². The van der Waals surface area contributed by atoms with Crippen LogP contribution in [0, 0.1) is 0 Å². The molecule has 1 aromatic heterocycles. The van der Waals surface area contributed by atoms with E-state index in [1.165, 1.54) is 5.39 Å². The van der Waals surface area contributed by atoms with E-state index in [-0.39, 0.29) is 6.61 Å². The number of hydrogen-bond donors (Lipinski definition) is 0. The van der Waals surface area contributed by atoms with Crippen molar-refractivity contribution >= 4 is 10.9 Å². The van der Waals surface area contributed by atoms with Crippen LogP contribution in [0.2, 0.25) is 0 Å². The SMILES string of the molecule is [O]CCn1ccc2ccccc21. The lowest BCUT2D eigenvalue weighted by Gasteiger charge is -1.99. The van der Waals surface area contributed by atoms with Crippen molar-refractivity contribution in [3.05, 3.63) is 36.5 Å². The molecule has 0 unspecified atom stereocenters. The summed E-state index contributed by atoms with van der Waals surface area (Å²) in [6.07, 6.45) is 1.96. The van der Waals surface area contributed by atoms with E-state index in [0.717, 1.165) is 5.52 Å². The van der Waals surface area contributed by atoms with Crippen molar-refractivity contribution in [1.29, 1.82) is 0 Å². The molecule has 0 saturated heterocycles. The minimum Gasteiger partial charge on any atom is -0.345 e. The van der Waals surface area contributed by atoms with Gasteiger partial charge in [0.1, 0.15) is 6.61 Å². The Labute approximate surface area is 71.1 Å². The van der Waals surface area contributed by atoms with Crippen LogP contribution in [-0.4, -0.2) is 11.2 Å². The molecule has 2 heteroatoms. The monoisotopic (exact) mass is 160 g/mol. The smallest absolute Gasteiger partial charge is 0.100 e. The van der Waals surface area contributed by atoms with Crippen LogP contribution in [0.15, 0.2) is 36.5 Å². The van der Waals surface area contributed by atoms with E-state index in [1.807, 2.05) is 35.0 Å². The van der Waals surface area contributed by atoms with E-state index < -0.39 is 0 Å². The summed E-state index contributed by atoms with van der Waals surface area (Å²) < 4.78 is 1.99. The van der Waals surface area contributed by atoms with Gasteiger partial charge >= 0.3 is 0 Å². The highest BCUT2D eigenvalue weighted by atomic mass is 16.3. The molecule has 61 valence electrons. The quantitative estimate of drug-likeness (QED) is 0.642. The number of hydrogen-bond acceptors (Lipinski definition) is 0. The van der Waals surface area contributed by atoms with E-state index in [4.69, 9.17) is 0 Å². The predicted octanol–water partition coefficient (Wildman–Crippen LogP) is 2.07. The van der Waals surface area contributed by atoms with Gasteiger partial charge in [-0.05, 0) is 17.5 Å². The highest BCUT2D eigenvalue weighted by Gasteiger charge is 1.97. The summed E-state index contributed by atoms with van der Waals surface area (Å²) in [5.74, 6) is 0. The lowest BCUT2D eigenvalue weighted by Crippen LogP contribution is -1.98. The Bertz CT molecular complexity index is 378. The molecular formula is C10H10NO. The fourth-order valence-electron chi connectivity index (χ4n) is 1.43. The topological polar surface area (TPSA) is 24.8 Å². The Morgan fingerprint density at radius 3 is 2.83 bits per heavy atom. The van der Waals surface area contributed by atoms with Gasteiger partial charge in [0, 0.05) is 18.3 Å². The van der Waals surface area contributed by atoms with Crippen molar-refractivity contribution < 1.29 is 5.11 Å². The van der Waals surface area contributed by atoms with Crippen molar-refractivity contribution in [3.8, 4) is 0 Å². The Morgan fingerprint density at radius 2 is 2.00 bits per heavy atom. The second-order valence-corrected chi connectivity index (χ2v) is 2.77. The second-order valence-electron chi connectivity index (χ2n) is 2.77. The van der Waals surface area contributed by atoms with Crippen LogP contribution in [0.3, 0.4) is 0 Å². The lowest BCUT2D eigenvalue weighted by atomic mass is 10.2. The van der Waals surface area contributed by atoms with E-state index in [1.54, 1.807) is 0 Å². The van der Waals surface area contributed by atoms with Crippen LogP contribution in [0.1, 0.15) is 0 Å². The molecule has 0 bridgehead atoms. The largest absolute Gasteiger partial charge is 0.345 e. The highest BCUT2D eigenvalue weighted by molar-refractivity contribution is 5.79. The summed E-state index contributed by atoms with van der Waals surface area (Å²) >= 11 is 0. The first-order valence-electron chi connectivity index (χ1n) is 4.04. The van der Waals surface area contributed by atoms with Gasteiger partial charge in [0.2, 0.25) is 0 Å². The number of nitrogens with zero attached hydrogens (tertiary/aromatic N) is 1. The number of fused-ring (bicyclic) bond motifs is 1. The zero-order chi connectivity index (χ0) is 8.39. The average Bonchev–Trinajstić information content (AvgIpc) is 2.50. The molecule has 0 amide bonds. The molecule has 0 fully saturated rings. The molecule has 2 aromatic rings. The second kappa shape index (κ2) is 2.99. The molecule has 0 spiro atoms. The van der Waals surface area contributed by atoms with Crippen LogP contribution in [0.25, 0.3) is 10.9 Å². The van der Waals surface area contributed by atoms with Gasteiger partial charge < -0.3 is 4.57 Å². The molecular weight excluding hydrogens is 150 g/mol. The molecule has 2 nitrogen and oxygen atoms in total. The number of aromatic nitrogens is 1. The Kier molecular flexibility index (Phi) is 1.84. The molecule has 0 saturated carbocycles. The number of para-hydroxylation sites is 1. The van der Waals surface area contributed by atoms with Gasteiger partial charge in [-0.3, -0.25) is 0 Å². The molecule has 0 N–H and O–H groups in total. The first kappa shape index (κ1) is 7.37. The summed E-state index contributed by atoms with van der Waals surface area (Å²) in [6, 6.07) is 10.1. The normalized spacial score (nSPS) is 10.8. The number of rotatable bonds is 2. The van der Waals surface area contributed by atoms with Crippen LogP contribution in [-0.2, 0) is 11.7 Å². The van der Waals surface area contributed by atoms with Gasteiger partial charge in [-0.1, -0.05) is 18.2 Å². The minimum atomic E-state index is -0.0569. The standard InChI is InChI=1S/C10H10NO/c12-8-7-11-6-5-9-3-1-2-4-10(9)11/h1-6H,7-8H2. The third kappa shape index (κ3) is 1.10. The van der Waals surface area contributed by atoms with Crippen molar-refractivity contribution in [3.63, 3.8) is 0 Å². The summed E-state index contributed by atoms with van der Waals surface area (Å²) in [6.45, 7) is 0.506. The van der Waals surface area contributed by atoms with E-state index >= 15 is 0 Å². The van der Waals surface area contributed by atoms with Crippen molar-refractivity contribution in [2.24, 2.45) is 0 Å². The molecule has 1 heterocycles. The first-order valence-corrected chi connectivity index (χ1v) is 4.04. The Morgan fingerprint density at radius 1 is 1.17 bits per heavy atom. The van der Waals surface area contributed by atoms with Gasteiger partial charge in [-0.2, -0.15) is 0 Å². The molecule has 2 rings (SSSR count). The predicted molar refractivity (Wildman–Crippen MR) is 47.5 cm³/mol. The molecule has 0 aliphatic carbocycles. The van der Waals surface area contributed by atoms with Crippen molar-refractivity contribution in [1.82, 2.24) is 4.57 Å². The van der Waals surface area contributed by atoms with Crippen molar-refractivity contribution in [2.75, 3.05) is 6.61 Å². The number of benzene rings is 1. The molecule has 0 aliphatic heterocycles.